The van der Waals surface area contributed by atoms with E-state index in [1.54, 1.807) is 12.1 Å². The van der Waals surface area contributed by atoms with Gasteiger partial charge in [0.2, 0.25) is 5.91 Å². The van der Waals surface area contributed by atoms with Crippen LogP contribution in [-0.4, -0.2) is 34.5 Å². The van der Waals surface area contributed by atoms with Crippen molar-refractivity contribution in [3.8, 4) is 0 Å². The second-order valence-electron chi connectivity index (χ2n) is 4.68. The number of carboxylic acids is 1. The SMILES string of the molecule is CCN(Cc1ccc(C(N)=O)cc1Cl)C(C)CC(=O)O. The van der Waals surface area contributed by atoms with Gasteiger partial charge in [0.25, 0.3) is 0 Å². The summed E-state index contributed by atoms with van der Waals surface area (Å²) in [6.45, 7) is 5.07. The van der Waals surface area contributed by atoms with Gasteiger partial charge in [0.1, 0.15) is 0 Å². The van der Waals surface area contributed by atoms with Crippen molar-refractivity contribution in [2.75, 3.05) is 6.54 Å². The molecule has 6 heteroatoms. The predicted molar refractivity (Wildman–Crippen MR) is 77.8 cm³/mol. The molecule has 0 radical (unpaired) electrons. The molecule has 1 rings (SSSR count). The van der Waals surface area contributed by atoms with Crippen molar-refractivity contribution < 1.29 is 14.7 Å². The van der Waals surface area contributed by atoms with Crippen molar-refractivity contribution in [2.45, 2.75) is 32.9 Å². The summed E-state index contributed by atoms with van der Waals surface area (Å²) >= 11 is 6.13. The Kier molecular flexibility index (Phi) is 5.98. The smallest absolute Gasteiger partial charge is 0.304 e. The van der Waals surface area contributed by atoms with E-state index in [1.807, 2.05) is 18.7 Å². The average molecular weight is 299 g/mol. The third-order valence-electron chi connectivity index (χ3n) is 3.21. The lowest BCUT2D eigenvalue weighted by Gasteiger charge is -2.27. The van der Waals surface area contributed by atoms with Gasteiger partial charge in [-0.25, -0.2) is 0 Å². The number of hydrogen-bond acceptors (Lipinski definition) is 3. The molecule has 0 fully saturated rings. The molecule has 0 saturated carbocycles. The monoisotopic (exact) mass is 298 g/mol. The van der Waals surface area contributed by atoms with Gasteiger partial charge < -0.3 is 10.8 Å². The third-order valence-corrected chi connectivity index (χ3v) is 3.56. The molecule has 110 valence electrons. The predicted octanol–water partition coefficient (Wildman–Crippen LogP) is 2.12. The molecule has 5 nitrogen and oxygen atoms in total. The number of hydrogen-bond donors (Lipinski definition) is 2. The fourth-order valence-electron chi connectivity index (χ4n) is 2.01. The molecule has 0 aliphatic carbocycles. The molecule has 1 amide bonds. The minimum absolute atomic E-state index is 0.0742. The second kappa shape index (κ2) is 7.26. The lowest BCUT2D eigenvalue weighted by Crippen LogP contribution is -2.34. The molecule has 1 atom stereocenters. The molecule has 0 bridgehead atoms. The third kappa shape index (κ3) is 4.51. The molecule has 1 aromatic rings. The van der Waals surface area contributed by atoms with Gasteiger partial charge in [0.15, 0.2) is 0 Å². The lowest BCUT2D eigenvalue weighted by atomic mass is 10.1. The number of nitrogens with zero attached hydrogens (tertiary/aromatic N) is 1. The maximum atomic E-state index is 11.1. The first-order chi connectivity index (χ1) is 9.35. The van der Waals surface area contributed by atoms with Crippen molar-refractivity contribution in [1.82, 2.24) is 4.90 Å². The summed E-state index contributed by atoms with van der Waals surface area (Å²) in [4.78, 5) is 23.8. The molecular weight excluding hydrogens is 280 g/mol. The Labute approximate surface area is 123 Å². The summed E-state index contributed by atoms with van der Waals surface area (Å²) < 4.78 is 0. The highest BCUT2D eigenvalue weighted by atomic mass is 35.5. The number of amides is 1. The topological polar surface area (TPSA) is 83.6 Å². The van der Waals surface area contributed by atoms with Crippen LogP contribution in [-0.2, 0) is 11.3 Å². The molecule has 0 aliphatic rings. The zero-order valence-electron chi connectivity index (χ0n) is 11.6. The maximum absolute atomic E-state index is 11.1. The molecule has 1 unspecified atom stereocenters. The van der Waals surface area contributed by atoms with Crippen LogP contribution in [0.2, 0.25) is 5.02 Å². The van der Waals surface area contributed by atoms with Gasteiger partial charge in [-0.05, 0) is 31.2 Å². The van der Waals surface area contributed by atoms with E-state index < -0.39 is 11.9 Å². The van der Waals surface area contributed by atoms with Crippen LogP contribution in [0.4, 0.5) is 0 Å². The first kappa shape index (κ1) is 16.5. The number of benzene rings is 1. The van der Waals surface area contributed by atoms with Crippen LogP contribution in [0.5, 0.6) is 0 Å². The Hall–Kier alpha value is -1.59. The summed E-state index contributed by atoms with van der Waals surface area (Å²) in [6, 6.07) is 4.82. The van der Waals surface area contributed by atoms with E-state index in [1.165, 1.54) is 6.07 Å². The van der Waals surface area contributed by atoms with Crippen LogP contribution < -0.4 is 5.73 Å². The molecule has 0 saturated heterocycles. The van der Waals surface area contributed by atoms with Crippen LogP contribution in [0.1, 0.15) is 36.2 Å². The number of nitrogens with two attached hydrogens (primary N) is 1. The van der Waals surface area contributed by atoms with E-state index in [0.717, 1.165) is 5.56 Å². The van der Waals surface area contributed by atoms with Crippen molar-refractivity contribution >= 4 is 23.5 Å². The average Bonchev–Trinajstić information content (AvgIpc) is 2.36. The van der Waals surface area contributed by atoms with Gasteiger partial charge in [-0.2, -0.15) is 0 Å². The molecule has 1 aromatic carbocycles. The van der Waals surface area contributed by atoms with E-state index in [-0.39, 0.29) is 12.5 Å². The minimum Gasteiger partial charge on any atom is -0.481 e. The molecule has 20 heavy (non-hydrogen) atoms. The highest BCUT2D eigenvalue weighted by molar-refractivity contribution is 6.31. The van der Waals surface area contributed by atoms with E-state index in [0.29, 0.717) is 23.7 Å². The maximum Gasteiger partial charge on any atom is 0.304 e. The number of carbonyl (C=O) groups excluding carboxylic acids is 1. The number of halogens is 1. The minimum atomic E-state index is -0.828. The Bertz CT molecular complexity index is 505. The zero-order chi connectivity index (χ0) is 15.3. The van der Waals surface area contributed by atoms with Gasteiger partial charge >= 0.3 is 5.97 Å². The van der Waals surface area contributed by atoms with Gasteiger partial charge in [0.05, 0.1) is 6.42 Å². The number of carboxylic acid groups (broad SMARTS) is 1. The summed E-state index contributed by atoms with van der Waals surface area (Å²) in [7, 11) is 0. The summed E-state index contributed by atoms with van der Waals surface area (Å²) in [5, 5.41) is 9.30. The fourth-order valence-corrected chi connectivity index (χ4v) is 2.25. The first-order valence-corrected chi connectivity index (χ1v) is 6.77. The first-order valence-electron chi connectivity index (χ1n) is 6.39. The van der Waals surface area contributed by atoms with Gasteiger partial charge in [0, 0.05) is 23.2 Å². The summed E-state index contributed by atoms with van der Waals surface area (Å²) in [5.41, 5.74) is 6.39. The standard InChI is InChI=1S/C14H19ClN2O3/c1-3-17(9(2)6-13(18)19)8-11-5-4-10(14(16)20)7-12(11)15/h4-5,7,9H,3,6,8H2,1-2H3,(H2,16,20)(H,18,19). The fraction of sp³-hybridized carbons (Fsp3) is 0.429. The van der Waals surface area contributed by atoms with E-state index >= 15 is 0 Å². The number of carbonyl (C=O) groups is 2. The van der Waals surface area contributed by atoms with Crippen molar-refractivity contribution in [3.63, 3.8) is 0 Å². The number of aliphatic carboxylic acids is 1. The van der Waals surface area contributed by atoms with Gasteiger partial charge in [-0.15, -0.1) is 0 Å². The lowest BCUT2D eigenvalue weighted by molar-refractivity contribution is -0.138. The van der Waals surface area contributed by atoms with E-state index in [2.05, 4.69) is 0 Å². The van der Waals surface area contributed by atoms with Crippen LogP contribution >= 0.6 is 11.6 Å². The molecule has 0 spiro atoms. The van der Waals surface area contributed by atoms with Crippen LogP contribution in [0.3, 0.4) is 0 Å². The number of rotatable bonds is 7. The Morgan fingerprint density at radius 3 is 2.55 bits per heavy atom. The Morgan fingerprint density at radius 2 is 2.10 bits per heavy atom. The largest absolute Gasteiger partial charge is 0.481 e. The zero-order valence-corrected chi connectivity index (χ0v) is 12.4. The molecule has 0 aliphatic heterocycles. The van der Waals surface area contributed by atoms with Crippen molar-refractivity contribution in [1.29, 1.82) is 0 Å². The normalized spacial score (nSPS) is 12.4. The van der Waals surface area contributed by atoms with Crippen LogP contribution in [0, 0.1) is 0 Å². The molecule has 3 N–H and O–H groups in total. The molecular formula is C14H19ClN2O3. The Morgan fingerprint density at radius 1 is 1.45 bits per heavy atom. The van der Waals surface area contributed by atoms with Gasteiger partial charge in [-0.3, -0.25) is 14.5 Å². The van der Waals surface area contributed by atoms with Crippen molar-refractivity contribution in [2.24, 2.45) is 5.73 Å². The van der Waals surface area contributed by atoms with E-state index in [9.17, 15) is 9.59 Å². The van der Waals surface area contributed by atoms with Crippen LogP contribution in [0.25, 0.3) is 0 Å². The summed E-state index contributed by atoms with van der Waals surface area (Å²) in [6.07, 6.45) is 0.0742. The van der Waals surface area contributed by atoms with Crippen molar-refractivity contribution in [3.05, 3.63) is 34.3 Å². The van der Waals surface area contributed by atoms with E-state index in [4.69, 9.17) is 22.4 Å². The summed E-state index contributed by atoms with van der Waals surface area (Å²) in [5.74, 6) is -1.35. The number of primary amides is 1. The molecule has 0 heterocycles. The Balaban J connectivity index is 2.85. The second-order valence-corrected chi connectivity index (χ2v) is 5.09. The van der Waals surface area contributed by atoms with Gasteiger partial charge in [-0.1, -0.05) is 24.6 Å². The quantitative estimate of drug-likeness (QED) is 0.807. The van der Waals surface area contributed by atoms with Crippen LogP contribution in [0.15, 0.2) is 18.2 Å². The highest BCUT2D eigenvalue weighted by Crippen LogP contribution is 2.21. The highest BCUT2D eigenvalue weighted by Gasteiger charge is 2.17. The molecule has 0 aromatic heterocycles.